The number of ether oxygens (including phenoxy) is 1. The molecule has 0 amide bonds. The fourth-order valence-corrected chi connectivity index (χ4v) is 3.76. The average molecular weight is 274 g/mol. The van der Waals surface area contributed by atoms with E-state index < -0.39 is 0 Å². The van der Waals surface area contributed by atoms with Crippen LogP contribution < -0.4 is 11.3 Å². The molecule has 0 radical (unpaired) electrons. The smallest absolute Gasteiger partial charge is 0.0623 e. The van der Waals surface area contributed by atoms with Gasteiger partial charge in [-0.15, -0.1) is 0 Å². The summed E-state index contributed by atoms with van der Waals surface area (Å²) in [5, 5.41) is 0.866. The van der Waals surface area contributed by atoms with Crippen LogP contribution in [0.15, 0.2) is 0 Å². The van der Waals surface area contributed by atoms with Crippen LogP contribution in [0.25, 0.3) is 0 Å². The summed E-state index contributed by atoms with van der Waals surface area (Å²) < 4.78 is 5.45. The van der Waals surface area contributed by atoms with Crippen molar-refractivity contribution >= 4 is 11.8 Å². The Morgan fingerprint density at radius 2 is 2.00 bits per heavy atom. The molecule has 0 spiro atoms. The lowest BCUT2D eigenvalue weighted by atomic mass is 10.00. The number of hydrogen-bond acceptors (Lipinski definition) is 4. The Hall–Kier alpha value is 0.230. The van der Waals surface area contributed by atoms with Crippen LogP contribution in [0.2, 0.25) is 0 Å². The van der Waals surface area contributed by atoms with Crippen molar-refractivity contribution in [3.05, 3.63) is 0 Å². The average Bonchev–Trinajstić information content (AvgIpc) is 2.40. The van der Waals surface area contributed by atoms with Gasteiger partial charge < -0.3 is 4.74 Å². The van der Waals surface area contributed by atoms with E-state index in [1.807, 2.05) is 0 Å². The summed E-state index contributed by atoms with van der Waals surface area (Å²) in [4.78, 5) is 0. The van der Waals surface area contributed by atoms with Crippen LogP contribution in [0.5, 0.6) is 0 Å². The van der Waals surface area contributed by atoms with E-state index in [1.165, 1.54) is 32.1 Å². The summed E-state index contributed by atoms with van der Waals surface area (Å²) in [6, 6.07) is 0.409. The molecule has 3 nitrogen and oxygen atoms in total. The minimum atomic E-state index is -0.0371. The fourth-order valence-electron chi connectivity index (χ4n) is 2.32. The zero-order chi connectivity index (χ0) is 13.4. The van der Waals surface area contributed by atoms with Crippen molar-refractivity contribution in [3.8, 4) is 0 Å². The van der Waals surface area contributed by atoms with E-state index in [1.54, 1.807) is 7.11 Å². The van der Waals surface area contributed by atoms with Gasteiger partial charge in [0.1, 0.15) is 0 Å². The zero-order valence-corrected chi connectivity index (χ0v) is 13.0. The number of hydrogen-bond donors (Lipinski definition) is 2. The number of nitrogens with two attached hydrogens (primary N) is 1. The van der Waals surface area contributed by atoms with E-state index in [-0.39, 0.29) is 5.60 Å². The van der Waals surface area contributed by atoms with Crippen molar-refractivity contribution in [2.24, 2.45) is 5.84 Å². The van der Waals surface area contributed by atoms with Gasteiger partial charge in [-0.1, -0.05) is 19.3 Å². The van der Waals surface area contributed by atoms with Gasteiger partial charge >= 0.3 is 0 Å². The van der Waals surface area contributed by atoms with Crippen LogP contribution in [-0.4, -0.2) is 29.8 Å². The Kier molecular flexibility index (Phi) is 7.61. The molecule has 1 aliphatic rings. The quantitative estimate of drug-likeness (QED) is 0.527. The first kappa shape index (κ1) is 16.3. The predicted octanol–water partition coefficient (Wildman–Crippen LogP) is 3.09. The summed E-state index contributed by atoms with van der Waals surface area (Å²) >= 11 is 2.10. The molecule has 18 heavy (non-hydrogen) atoms. The van der Waals surface area contributed by atoms with Crippen LogP contribution in [0, 0.1) is 0 Å². The van der Waals surface area contributed by atoms with Crippen molar-refractivity contribution in [3.63, 3.8) is 0 Å². The Balaban J connectivity index is 2.20. The molecule has 0 aromatic heterocycles. The summed E-state index contributed by atoms with van der Waals surface area (Å²) in [6.45, 7) is 4.27. The Morgan fingerprint density at radius 1 is 1.33 bits per heavy atom. The molecule has 0 heterocycles. The number of methoxy groups -OCH3 is 1. The Bertz CT molecular complexity index is 218. The van der Waals surface area contributed by atoms with Crippen molar-refractivity contribution in [2.45, 2.75) is 75.7 Å². The molecule has 1 unspecified atom stereocenters. The van der Waals surface area contributed by atoms with E-state index in [9.17, 15) is 0 Å². The second-order valence-corrected chi connectivity index (χ2v) is 7.29. The molecule has 1 rings (SSSR count). The van der Waals surface area contributed by atoms with Gasteiger partial charge in [0.25, 0.3) is 0 Å². The molecule has 0 aliphatic heterocycles. The molecule has 1 atom stereocenters. The fraction of sp³-hybridized carbons (Fsp3) is 1.00. The molecule has 1 aliphatic carbocycles. The molecule has 0 aromatic carbocycles. The second-order valence-electron chi connectivity index (χ2n) is 5.96. The van der Waals surface area contributed by atoms with Crippen LogP contribution >= 0.6 is 11.8 Å². The highest BCUT2D eigenvalue weighted by Crippen LogP contribution is 2.29. The lowest BCUT2D eigenvalue weighted by molar-refractivity contribution is 0.0122. The molecule has 108 valence electrons. The standard InChI is InChI=1S/C14H30N2OS/c1-14(2,17-3)10-9-12(16-15)11-18-13-7-5-4-6-8-13/h12-13,16H,4-11,15H2,1-3H3. The summed E-state index contributed by atoms with van der Waals surface area (Å²) in [6.07, 6.45) is 9.17. The lowest BCUT2D eigenvalue weighted by Gasteiger charge is -2.27. The van der Waals surface area contributed by atoms with Crippen LogP contribution in [0.1, 0.15) is 58.8 Å². The molecule has 3 N–H and O–H groups in total. The summed E-state index contributed by atoms with van der Waals surface area (Å²) in [5.74, 6) is 6.78. The van der Waals surface area contributed by atoms with E-state index in [4.69, 9.17) is 10.6 Å². The first-order valence-corrected chi connectivity index (χ1v) is 8.25. The SMILES string of the molecule is COC(C)(C)CCC(CSC1CCCCC1)NN. The van der Waals surface area contributed by atoms with E-state index >= 15 is 0 Å². The van der Waals surface area contributed by atoms with Gasteiger partial charge in [0.05, 0.1) is 5.60 Å². The number of nitrogens with one attached hydrogen (secondary N) is 1. The van der Waals surface area contributed by atoms with E-state index in [2.05, 4.69) is 31.0 Å². The van der Waals surface area contributed by atoms with Gasteiger partial charge in [0.15, 0.2) is 0 Å². The largest absolute Gasteiger partial charge is 0.379 e. The third-order valence-electron chi connectivity index (χ3n) is 3.97. The van der Waals surface area contributed by atoms with Crippen LogP contribution in [-0.2, 0) is 4.74 Å². The topological polar surface area (TPSA) is 47.3 Å². The number of rotatable bonds is 8. The first-order chi connectivity index (χ1) is 8.57. The molecular weight excluding hydrogens is 244 g/mol. The highest BCUT2D eigenvalue weighted by atomic mass is 32.2. The highest BCUT2D eigenvalue weighted by Gasteiger charge is 2.20. The molecule has 1 fully saturated rings. The van der Waals surface area contributed by atoms with Gasteiger partial charge in [-0.2, -0.15) is 11.8 Å². The molecule has 0 aromatic rings. The lowest BCUT2D eigenvalue weighted by Crippen LogP contribution is -2.39. The van der Waals surface area contributed by atoms with Gasteiger partial charge in [-0.25, -0.2) is 0 Å². The normalized spacial score (nSPS) is 20.0. The van der Waals surface area contributed by atoms with Gasteiger partial charge in [-0.3, -0.25) is 11.3 Å². The summed E-state index contributed by atoms with van der Waals surface area (Å²) in [5.41, 5.74) is 2.92. The van der Waals surface area contributed by atoms with E-state index in [0.29, 0.717) is 6.04 Å². The minimum Gasteiger partial charge on any atom is -0.379 e. The van der Waals surface area contributed by atoms with Crippen LogP contribution in [0.4, 0.5) is 0 Å². The molecule has 4 heteroatoms. The summed E-state index contributed by atoms with van der Waals surface area (Å²) in [7, 11) is 1.78. The minimum absolute atomic E-state index is 0.0371. The third kappa shape index (κ3) is 6.41. The van der Waals surface area contributed by atoms with Crippen molar-refractivity contribution in [1.82, 2.24) is 5.43 Å². The van der Waals surface area contributed by atoms with Crippen LogP contribution in [0.3, 0.4) is 0 Å². The Morgan fingerprint density at radius 3 is 2.56 bits per heavy atom. The molecule has 1 saturated carbocycles. The maximum absolute atomic E-state index is 5.66. The highest BCUT2D eigenvalue weighted by molar-refractivity contribution is 7.99. The van der Waals surface area contributed by atoms with Crippen molar-refractivity contribution in [2.75, 3.05) is 12.9 Å². The van der Waals surface area contributed by atoms with Gasteiger partial charge in [-0.05, 0) is 39.5 Å². The van der Waals surface area contributed by atoms with Gasteiger partial charge in [0.2, 0.25) is 0 Å². The maximum atomic E-state index is 5.66. The predicted molar refractivity (Wildman–Crippen MR) is 80.8 cm³/mol. The van der Waals surface area contributed by atoms with Gasteiger partial charge in [0, 0.05) is 24.2 Å². The first-order valence-electron chi connectivity index (χ1n) is 7.20. The Labute approximate surface area is 117 Å². The monoisotopic (exact) mass is 274 g/mol. The maximum Gasteiger partial charge on any atom is 0.0623 e. The number of hydrazine groups is 1. The molecule has 0 bridgehead atoms. The van der Waals surface area contributed by atoms with Crippen molar-refractivity contribution < 1.29 is 4.74 Å². The molecule has 0 saturated heterocycles. The number of thioether (sulfide) groups is 1. The van der Waals surface area contributed by atoms with Crippen molar-refractivity contribution in [1.29, 1.82) is 0 Å². The van der Waals surface area contributed by atoms with E-state index in [0.717, 1.165) is 23.8 Å². The zero-order valence-electron chi connectivity index (χ0n) is 12.2. The third-order valence-corrected chi connectivity index (χ3v) is 5.51. The molecular formula is C14H30N2OS. The second kappa shape index (κ2) is 8.41.